The lowest BCUT2D eigenvalue weighted by atomic mass is 9.97. The fourth-order valence-corrected chi connectivity index (χ4v) is 2.49. The zero-order valence-electron chi connectivity index (χ0n) is 16.4. The third-order valence-electron chi connectivity index (χ3n) is 4.18. The van der Waals surface area contributed by atoms with Gasteiger partial charge in [0.15, 0.2) is 0 Å². The van der Waals surface area contributed by atoms with Gasteiger partial charge in [0, 0.05) is 0 Å². The van der Waals surface area contributed by atoms with Gasteiger partial charge in [0.05, 0.1) is 12.0 Å². The summed E-state index contributed by atoms with van der Waals surface area (Å²) in [6.07, 6.45) is 16.2. The first-order chi connectivity index (χ1) is 10.9. The average molecular weight is 325 g/mol. The summed E-state index contributed by atoms with van der Waals surface area (Å²) in [4.78, 5) is 11.6. The summed E-state index contributed by atoms with van der Waals surface area (Å²) in [5, 5.41) is 0. The number of rotatable bonds is 13. The fraction of sp³-hybridized carbons (Fsp3) is 0.857. The summed E-state index contributed by atoms with van der Waals surface area (Å²) in [7, 11) is 0. The van der Waals surface area contributed by atoms with Crippen LogP contribution >= 0.6 is 0 Å². The molecular formula is C21H40O2. The van der Waals surface area contributed by atoms with Gasteiger partial charge in [-0.3, -0.25) is 4.79 Å². The molecule has 0 rings (SSSR count). The molecule has 2 heteroatoms. The van der Waals surface area contributed by atoms with E-state index >= 15 is 0 Å². The van der Waals surface area contributed by atoms with E-state index in [-0.39, 0.29) is 11.4 Å². The summed E-state index contributed by atoms with van der Waals surface area (Å²) in [6, 6.07) is 0. The maximum atomic E-state index is 11.6. The third kappa shape index (κ3) is 13.4. The number of esters is 1. The van der Waals surface area contributed by atoms with Gasteiger partial charge in [0.1, 0.15) is 0 Å². The van der Waals surface area contributed by atoms with Crippen LogP contribution in [0.25, 0.3) is 0 Å². The zero-order chi connectivity index (χ0) is 17.6. The Labute approximate surface area is 145 Å². The maximum Gasteiger partial charge on any atom is 0.311 e. The van der Waals surface area contributed by atoms with Crippen LogP contribution in [0.5, 0.6) is 0 Å². The van der Waals surface area contributed by atoms with Crippen LogP contribution in [0, 0.1) is 5.41 Å². The van der Waals surface area contributed by atoms with Crippen molar-refractivity contribution in [3.63, 3.8) is 0 Å². The van der Waals surface area contributed by atoms with Gasteiger partial charge in [0.25, 0.3) is 0 Å². The molecule has 0 aliphatic rings. The lowest BCUT2D eigenvalue weighted by Gasteiger charge is -2.16. The van der Waals surface area contributed by atoms with Crippen LogP contribution in [0.1, 0.15) is 105 Å². The lowest BCUT2D eigenvalue weighted by Crippen LogP contribution is -2.23. The van der Waals surface area contributed by atoms with Crippen molar-refractivity contribution < 1.29 is 9.53 Å². The highest BCUT2D eigenvalue weighted by molar-refractivity contribution is 5.75. The zero-order valence-corrected chi connectivity index (χ0v) is 16.4. The number of allylic oxidation sites excluding steroid dienone is 2. The molecule has 136 valence electrons. The van der Waals surface area contributed by atoms with Crippen molar-refractivity contribution in [2.45, 2.75) is 105 Å². The Kier molecular flexibility index (Phi) is 13.2. The second kappa shape index (κ2) is 13.6. The summed E-state index contributed by atoms with van der Waals surface area (Å²) >= 11 is 0. The quantitative estimate of drug-likeness (QED) is 0.211. The Morgan fingerprint density at radius 1 is 0.913 bits per heavy atom. The van der Waals surface area contributed by atoms with E-state index in [9.17, 15) is 4.79 Å². The summed E-state index contributed by atoms with van der Waals surface area (Å²) in [5.41, 5.74) is 1.26. The van der Waals surface area contributed by atoms with Crippen LogP contribution in [0.4, 0.5) is 0 Å². The molecule has 0 radical (unpaired) electrons. The standard InChI is InChI=1S/C21H40O2/c1-6-8-9-13-16-19(7-2)17-14-11-10-12-15-18-23-20(22)21(3,4)5/h17H,6-16,18H2,1-5H3/b19-17-. The predicted octanol–water partition coefficient (Wildman–Crippen LogP) is 6.83. The molecule has 0 heterocycles. The Hall–Kier alpha value is -0.790. The number of carbonyl (C=O) groups excluding carboxylic acids is 1. The second-order valence-electron chi connectivity index (χ2n) is 7.62. The van der Waals surface area contributed by atoms with Crippen LogP contribution in [0.2, 0.25) is 0 Å². The molecule has 0 aromatic carbocycles. The summed E-state index contributed by atoms with van der Waals surface area (Å²) in [5.74, 6) is -0.0870. The van der Waals surface area contributed by atoms with Gasteiger partial charge in [-0.25, -0.2) is 0 Å². The minimum absolute atomic E-state index is 0.0870. The van der Waals surface area contributed by atoms with Crippen LogP contribution in [-0.2, 0) is 9.53 Å². The Balaban J connectivity index is 3.59. The molecule has 0 atom stereocenters. The van der Waals surface area contributed by atoms with Gasteiger partial charge in [-0.15, -0.1) is 0 Å². The van der Waals surface area contributed by atoms with E-state index in [1.807, 2.05) is 20.8 Å². The third-order valence-corrected chi connectivity index (χ3v) is 4.18. The van der Waals surface area contributed by atoms with Crippen molar-refractivity contribution in [2.75, 3.05) is 6.61 Å². The van der Waals surface area contributed by atoms with E-state index < -0.39 is 0 Å². The molecule has 0 saturated heterocycles. The lowest BCUT2D eigenvalue weighted by molar-refractivity contribution is -0.153. The first-order valence-corrected chi connectivity index (χ1v) is 9.77. The molecule has 0 spiro atoms. The van der Waals surface area contributed by atoms with Crippen molar-refractivity contribution in [1.82, 2.24) is 0 Å². The highest BCUT2D eigenvalue weighted by Gasteiger charge is 2.22. The van der Waals surface area contributed by atoms with Gasteiger partial charge in [0.2, 0.25) is 0 Å². The average Bonchev–Trinajstić information content (AvgIpc) is 2.50. The largest absolute Gasteiger partial charge is 0.465 e. The molecule has 0 aromatic rings. The number of ether oxygens (including phenoxy) is 1. The van der Waals surface area contributed by atoms with Crippen molar-refractivity contribution in [3.8, 4) is 0 Å². The molecule has 0 saturated carbocycles. The topological polar surface area (TPSA) is 26.3 Å². The molecule has 0 unspecified atom stereocenters. The van der Waals surface area contributed by atoms with Crippen molar-refractivity contribution in [2.24, 2.45) is 5.41 Å². The molecule has 0 fully saturated rings. The Morgan fingerprint density at radius 2 is 1.57 bits per heavy atom. The number of hydrogen-bond donors (Lipinski definition) is 0. The molecule has 0 bridgehead atoms. The van der Waals surface area contributed by atoms with E-state index in [1.165, 1.54) is 57.8 Å². The monoisotopic (exact) mass is 324 g/mol. The molecule has 2 nitrogen and oxygen atoms in total. The highest BCUT2D eigenvalue weighted by Crippen LogP contribution is 2.17. The number of hydrogen-bond acceptors (Lipinski definition) is 2. The van der Waals surface area contributed by atoms with Crippen molar-refractivity contribution in [3.05, 3.63) is 11.6 Å². The summed E-state index contributed by atoms with van der Waals surface area (Å²) in [6.45, 7) is 10.8. The maximum absolute atomic E-state index is 11.6. The second-order valence-corrected chi connectivity index (χ2v) is 7.62. The van der Waals surface area contributed by atoms with E-state index in [1.54, 1.807) is 5.57 Å². The molecule has 0 amide bonds. The van der Waals surface area contributed by atoms with Gasteiger partial charge < -0.3 is 4.74 Å². The molecule has 0 aromatic heterocycles. The first-order valence-electron chi connectivity index (χ1n) is 9.77. The normalized spacial score (nSPS) is 12.5. The Morgan fingerprint density at radius 3 is 2.17 bits per heavy atom. The SMILES string of the molecule is CCCCCC/C(=C\CCCCCCOC(=O)C(C)(C)C)CC. The predicted molar refractivity (Wildman–Crippen MR) is 101 cm³/mol. The Bertz CT molecular complexity index is 323. The van der Waals surface area contributed by atoms with Crippen LogP contribution in [0.15, 0.2) is 11.6 Å². The van der Waals surface area contributed by atoms with Gasteiger partial charge in [-0.05, 0) is 59.3 Å². The molecule has 0 N–H and O–H groups in total. The van der Waals surface area contributed by atoms with Gasteiger partial charge in [-0.1, -0.05) is 57.6 Å². The van der Waals surface area contributed by atoms with Crippen molar-refractivity contribution in [1.29, 1.82) is 0 Å². The van der Waals surface area contributed by atoms with Crippen LogP contribution < -0.4 is 0 Å². The van der Waals surface area contributed by atoms with Gasteiger partial charge >= 0.3 is 5.97 Å². The fourth-order valence-electron chi connectivity index (χ4n) is 2.49. The van der Waals surface area contributed by atoms with Crippen LogP contribution in [-0.4, -0.2) is 12.6 Å². The molecule has 0 aliphatic carbocycles. The van der Waals surface area contributed by atoms with E-state index in [2.05, 4.69) is 19.9 Å². The smallest absolute Gasteiger partial charge is 0.311 e. The number of unbranched alkanes of at least 4 members (excludes halogenated alkanes) is 7. The molecular weight excluding hydrogens is 284 g/mol. The van der Waals surface area contributed by atoms with Crippen molar-refractivity contribution >= 4 is 5.97 Å². The van der Waals surface area contributed by atoms with E-state index in [0.717, 1.165) is 12.8 Å². The van der Waals surface area contributed by atoms with Gasteiger partial charge in [-0.2, -0.15) is 0 Å². The summed E-state index contributed by atoms with van der Waals surface area (Å²) < 4.78 is 5.28. The van der Waals surface area contributed by atoms with E-state index in [4.69, 9.17) is 4.74 Å². The number of carbonyl (C=O) groups is 1. The van der Waals surface area contributed by atoms with E-state index in [0.29, 0.717) is 6.61 Å². The minimum Gasteiger partial charge on any atom is -0.465 e. The minimum atomic E-state index is -0.377. The molecule has 0 aliphatic heterocycles. The first kappa shape index (κ1) is 22.2. The van der Waals surface area contributed by atoms with Crippen LogP contribution in [0.3, 0.4) is 0 Å². The molecule has 23 heavy (non-hydrogen) atoms. The highest BCUT2D eigenvalue weighted by atomic mass is 16.5.